The molecule has 1 atom stereocenters. The largest absolute Gasteiger partial charge is 0.346 e. The maximum absolute atomic E-state index is 6.16. The lowest BCUT2D eigenvalue weighted by Gasteiger charge is -2.23. The number of alkyl halides is 1. The van der Waals surface area contributed by atoms with Crippen LogP contribution in [0.25, 0.3) is 5.70 Å². The molecule has 74 valence electrons. The lowest BCUT2D eigenvalue weighted by atomic mass is 10.1. The van der Waals surface area contributed by atoms with E-state index in [9.17, 15) is 0 Å². The maximum atomic E-state index is 6.16. The van der Waals surface area contributed by atoms with Crippen molar-refractivity contribution in [2.75, 3.05) is 6.54 Å². The number of rotatable bonds is 2. The van der Waals surface area contributed by atoms with E-state index in [1.54, 1.807) is 11.8 Å². The van der Waals surface area contributed by atoms with Crippen LogP contribution in [0.15, 0.2) is 35.7 Å². The van der Waals surface area contributed by atoms with Gasteiger partial charge in [0.05, 0.1) is 5.70 Å². The van der Waals surface area contributed by atoms with Gasteiger partial charge in [0.2, 0.25) is 0 Å². The van der Waals surface area contributed by atoms with Crippen molar-refractivity contribution in [1.82, 2.24) is 4.90 Å². The van der Waals surface area contributed by atoms with Gasteiger partial charge >= 0.3 is 0 Å². The van der Waals surface area contributed by atoms with E-state index in [-0.39, 0.29) is 4.83 Å². The standard InChI is InChI=1S/C11H12ClNS/c1-2-13-10(8-14-11(13)12)9-6-4-3-5-7-9/h3-8,11H,2H2,1H3. The summed E-state index contributed by atoms with van der Waals surface area (Å²) in [4.78, 5) is 2.25. The molecule has 0 amide bonds. The summed E-state index contributed by atoms with van der Waals surface area (Å²) in [5.74, 6) is 0. The topological polar surface area (TPSA) is 3.24 Å². The Morgan fingerprint density at radius 3 is 2.71 bits per heavy atom. The van der Waals surface area contributed by atoms with Crippen LogP contribution < -0.4 is 0 Å². The number of hydrogen-bond donors (Lipinski definition) is 0. The summed E-state index contributed by atoms with van der Waals surface area (Å²) in [6.07, 6.45) is 0. The fraction of sp³-hybridized carbons (Fsp3) is 0.273. The summed E-state index contributed by atoms with van der Waals surface area (Å²) in [6, 6.07) is 10.4. The minimum absolute atomic E-state index is 0.0511. The molecule has 0 radical (unpaired) electrons. The van der Waals surface area contributed by atoms with Crippen molar-refractivity contribution in [1.29, 1.82) is 0 Å². The average molecular weight is 226 g/mol. The van der Waals surface area contributed by atoms with E-state index in [1.807, 2.05) is 6.07 Å². The number of thioether (sulfide) groups is 1. The van der Waals surface area contributed by atoms with E-state index >= 15 is 0 Å². The summed E-state index contributed by atoms with van der Waals surface area (Å²) >= 11 is 7.82. The summed E-state index contributed by atoms with van der Waals surface area (Å²) in [7, 11) is 0. The second kappa shape index (κ2) is 4.28. The lowest BCUT2D eigenvalue weighted by Crippen LogP contribution is -2.23. The predicted octanol–water partition coefficient (Wildman–Crippen LogP) is 3.58. The van der Waals surface area contributed by atoms with Gasteiger partial charge in [-0.2, -0.15) is 0 Å². The number of nitrogens with zero attached hydrogens (tertiary/aromatic N) is 1. The molecule has 1 aromatic carbocycles. The molecule has 0 bridgehead atoms. The van der Waals surface area contributed by atoms with Crippen molar-refractivity contribution in [3.05, 3.63) is 41.3 Å². The Bertz CT molecular complexity index is 336. The van der Waals surface area contributed by atoms with E-state index in [0.717, 1.165) is 6.54 Å². The Morgan fingerprint density at radius 2 is 2.07 bits per heavy atom. The van der Waals surface area contributed by atoms with E-state index in [2.05, 4.69) is 41.5 Å². The van der Waals surface area contributed by atoms with Crippen molar-refractivity contribution < 1.29 is 0 Å². The highest BCUT2D eigenvalue weighted by Gasteiger charge is 2.23. The third-order valence-corrected chi connectivity index (χ3v) is 3.64. The second-order valence-corrected chi connectivity index (χ2v) is 4.71. The quantitative estimate of drug-likeness (QED) is 0.559. The van der Waals surface area contributed by atoms with Gasteiger partial charge < -0.3 is 4.90 Å². The number of benzene rings is 1. The summed E-state index contributed by atoms with van der Waals surface area (Å²) in [6.45, 7) is 3.07. The highest BCUT2D eigenvalue weighted by Crippen LogP contribution is 2.37. The first-order valence-corrected chi connectivity index (χ1v) is 6.02. The first kappa shape index (κ1) is 9.94. The Morgan fingerprint density at radius 1 is 1.36 bits per heavy atom. The highest BCUT2D eigenvalue weighted by atomic mass is 35.5. The van der Waals surface area contributed by atoms with Gasteiger partial charge in [0.25, 0.3) is 0 Å². The van der Waals surface area contributed by atoms with Gasteiger partial charge in [-0.05, 0) is 17.9 Å². The zero-order chi connectivity index (χ0) is 9.97. The van der Waals surface area contributed by atoms with Crippen LogP contribution in [0.1, 0.15) is 12.5 Å². The molecule has 1 aliphatic rings. The summed E-state index contributed by atoms with van der Waals surface area (Å²) in [5.41, 5.74) is 2.48. The molecule has 0 aliphatic carbocycles. The molecule has 1 nitrogen and oxygen atoms in total. The molecular formula is C11H12ClNS. The average Bonchev–Trinajstić information content (AvgIpc) is 2.61. The molecule has 1 aliphatic heterocycles. The zero-order valence-corrected chi connectivity index (χ0v) is 9.55. The van der Waals surface area contributed by atoms with E-state index in [0.29, 0.717) is 0 Å². The van der Waals surface area contributed by atoms with Gasteiger partial charge in [-0.25, -0.2) is 0 Å². The first-order valence-electron chi connectivity index (χ1n) is 4.64. The minimum atomic E-state index is 0.0511. The monoisotopic (exact) mass is 225 g/mol. The van der Waals surface area contributed by atoms with Gasteiger partial charge in [0.1, 0.15) is 0 Å². The van der Waals surface area contributed by atoms with Crippen LogP contribution in [0.4, 0.5) is 0 Å². The molecular weight excluding hydrogens is 214 g/mol. The molecule has 0 N–H and O–H groups in total. The molecule has 14 heavy (non-hydrogen) atoms. The smallest absolute Gasteiger partial charge is 0.155 e. The number of halogens is 1. The molecule has 0 aromatic heterocycles. The molecule has 2 rings (SSSR count). The zero-order valence-electron chi connectivity index (χ0n) is 7.98. The summed E-state index contributed by atoms with van der Waals surface area (Å²) in [5, 5.41) is 2.14. The van der Waals surface area contributed by atoms with Crippen LogP contribution in [0.2, 0.25) is 0 Å². The lowest BCUT2D eigenvalue weighted by molar-refractivity contribution is 0.469. The molecule has 0 spiro atoms. The Hall–Kier alpha value is -0.600. The van der Waals surface area contributed by atoms with Gasteiger partial charge in [-0.1, -0.05) is 53.7 Å². The van der Waals surface area contributed by atoms with E-state index in [1.165, 1.54) is 11.3 Å². The Kier molecular flexibility index (Phi) is 3.04. The molecule has 1 heterocycles. The van der Waals surface area contributed by atoms with Crippen molar-refractivity contribution in [3.63, 3.8) is 0 Å². The summed E-state index contributed by atoms with van der Waals surface area (Å²) < 4.78 is 0. The molecule has 0 saturated carbocycles. The van der Waals surface area contributed by atoms with Crippen LogP contribution in [0.3, 0.4) is 0 Å². The van der Waals surface area contributed by atoms with E-state index in [4.69, 9.17) is 11.6 Å². The third kappa shape index (κ3) is 1.77. The predicted molar refractivity (Wildman–Crippen MR) is 64.0 cm³/mol. The molecule has 0 saturated heterocycles. The molecule has 0 fully saturated rings. The second-order valence-electron chi connectivity index (χ2n) is 3.08. The van der Waals surface area contributed by atoms with Gasteiger partial charge in [0.15, 0.2) is 4.83 Å². The Balaban J connectivity index is 2.28. The van der Waals surface area contributed by atoms with Crippen LogP contribution in [0.5, 0.6) is 0 Å². The molecule has 1 aromatic rings. The first-order chi connectivity index (χ1) is 6.83. The maximum Gasteiger partial charge on any atom is 0.155 e. The molecule has 1 unspecified atom stereocenters. The van der Waals surface area contributed by atoms with Crippen molar-refractivity contribution >= 4 is 29.1 Å². The van der Waals surface area contributed by atoms with Gasteiger partial charge in [-0.3, -0.25) is 0 Å². The SMILES string of the molecule is CCN1C(c2ccccc2)=CSC1Cl. The van der Waals surface area contributed by atoms with Crippen molar-refractivity contribution in [2.45, 2.75) is 11.8 Å². The third-order valence-electron chi connectivity index (χ3n) is 2.26. The molecule has 3 heteroatoms. The van der Waals surface area contributed by atoms with Crippen LogP contribution >= 0.6 is 23.4 Å². The van der Waals surface area contributed by atoms with Gasteiger partial charge in [-0.15, -0.1) is 0 Å². The van der Waals surface area contributed by atoms with Crippen molar-refractivity contribution in [2.24, 2.45) is 0 Å². The highest BCUT2D eigenvalue weighted by molar-refractivity contribution is 8.04. The normalized spacial score (nSPS) is 21.1. The van der Waals surface area contributed by atoms with Crippen LogP contribution in [-0.4, -0.2) is 16.3 Å². The van der Waals surface area contributed by atoms with Crippen LogP contribution in [0, 0.1) is 0 Å². The van der Waals surface area contributed by atoms with E-state index < -0.39 is 0 Å². The minimum Gasteiger partial charge on any atom is -0.346 e. The van der Waals surface area contributed by atoms with Crippen molar-refractivity contribution in [3.8, 4) is 0 Å². The Labute approximate surface area is 93.7 Å². The fourth-order valence-corrected chi connectivity index (χ4v) is 2.85. The van der Waals surface area contributed by atoms with Crippen LogP contribution in [-0.2, 0) is 0 Å². The van der Waals surface area contributed by atoms with Gasteiger partial charge in [0, 0.05) is 6.54 Å². The number of hydrogen-bond acceptors (Lipinski definition) is 2. The fourth-order valence-electron chi connectivity index (χ4n) is 1.53.